The number of nitrogens with zero attached hydrogens (tertiary/aromatic N) is 1. The Bertz CT molecular complexity index is 297. The predicted octanol–water partition coefficient (Wildman–Crippen LogP) is 2.09. The van der Waals surface area contributed by atoms with E-state index in [1.54, 1.807) is 0 Å². The normalized spacial score (nSPS) is 22.4. The quantitative estimate of drug-likeness (QED) is 0.799. The smallest absolute Gasteiger partial charge is 0.0386 e. The second-order valence-corrected chi connectivity index (χ2v) is 4.97. The molecule has 1 unspecified atom stereocenters. The van der Waals surface area contributed by atoms with Crippen molar-refractivity contribution in [2.45, 2.75) is 13.0 Å². The number of hydrogen-bond donors (Lipinski definition) is 1. The molecule has 1 fully saturated rings. The van der Waals surface area contributed by atoms with Crippen molar-refractivity contribution < 1.29 is 0 Å². The van der Waals surface area contributed by atoms with Crippen molar-refractivity contribution in [3.8, 4) is 0 Å². The molecule has 0 saturated carbocycles. The first-order valence-corrected chi connectivity index (χ1v) is 6.08. The summed E-state index contributed by atoms with van der Waals surface area (Å²) in [4.78, 5) is 2.46. The van der Waals surface area contributed by atoms with Crippen molar-refractivity contribution in [2.24, 2.45) is 0 Å². The van der Waals surface area contributed by atoms with E-state index in [0.29, 0.717) is 6.04 Å². The largest absolute Gasteiger partial charge is 0.366 e. The molecule has 1 aromatic rings. The van der Waals surface area contributed by atoms with Gasteiger partial charge in [0.15, 0.2) is 0 Å². The SMILES string of the molecule is CC1CNCCN1c1ccc(I)cc1. The zero-order valence-electron chi connectivity index (χ0n) is 8.33. The summed E-state index contributed by atoms with van der Waals surface area (Å²) in [6, 6.07) is 9.37. The summed E-state index contributed by atoms with van der Waals surface area (Å²) in [5, 5.41) is 3.40. The third-order valence-electron chi connectivity index (χ3n) is 2.66. The second-order valence-electron chi connectivity index (χ2n) is 3.72. The molecule has 2 rings (SSSR count). The van der Waals surface area contributed by atoms with Gasteiger partial charge in [0.1, 0.15) is 0 Å². The molecule has 2 nitrogen and oxygen atoms in total. The summed E-state index contributed by atoms with van der Waals surface area (Å²) in [5.74, 6) is 0. The van der Waals surface area contributed by atoms with Crippen molar-refractivity contribution in [3.05, 3.63) is 27.8 Å². The van der Waals surface area contributed by atoms with Crippen LogP contribution >= 0.6 is 22.6 Å². The van der Waals surface area contributed by atoms with Crippen LogP contribution in [0.2, 0.25) is 0 Å². The van der Waals surface area contributed by atoms with E-state index in [9.17, 15) is 0 Å². The highest BCUT2D eigenvalue weighted by Crippen LogP contribution is 2.19. The molecule has 0 spiro atoms. The molecule has 0 bridgehead atoms. The lowest BCUT2D eigenvalue weighted by molar-refractivity contribution is 0.501. The number of nitrogens with one attached hydrogen (secondary N) is 1. The fourth-order valence-electron chi connectivity index (χ4n) is 1.86. The Kier molecular flexibility index (Phi) is 3.28. The number of halogens is 1. The van der Waals surface area contributed by atoms with Crippen LogP contribution in [0.3, 0.4) is 0 Å². The van der Waals surface area contributed by atoms with Crippen molar-refractivity contribution in [3.63, 3.8) is 0 Å². The van der Waals surface area contributed by atoms with Gasteiger partial charge in [0, 0.05) is 34.9 Å². The number of hydrogen-bond acceptors (Lipinski definition) is 2. The highest BCUT2D eigenvalue weighted by atomic mass is 127. The second kappa shape index (κ2) is 4.49. The van der Waals surface area contributed by atoms with Crippen molar-refractivity contribution >= 4 is 28.3 Å². The minimum Gasteiger partial charge on any atom is -0.366 e. The molecule has 0 aliphatic carbocycles. The lowest BCUT2D eigenvalue weighted by Gasteiger charge is -2.35. The molecule has 1 atom stereocenters. The number of piperazine rings is 1. The summed E-state index contributed by atoms with van der Waals surface area (Å²) in [6.45, 7) is 5.56. The Morgan fingerprint density at radius 2 is 2.07 bits per heavy atom. The van der Waals surface area contributed by atoms with Crippen LogP contribution in [0.25, 0.3) is 0 Å². The van der Waals surface area contributed by atoms with E-state index in [-0.39, 0.29) is 0 Å². The first-order valence-electron chi connectivity index (χ1n) is 5.00. The Morgan fingerprint density at radius 3 is 2.71 bits per heavy atom. The van der Waals surface area contributed by atoms with E-state index in [2.05, 4.69) is 64.0 Å². The van der Waals surface area contributed by atoms with Crippen LogP contribution in [0.5, 0.6) is 0 Å². The van der Waals surface area contributed by atoms with Crippen molar-refractivity contribution in [1.82, 2.24) is 5.32 Å². The van der Waals surface area contributed by atoms with Crippen molar-refractivity contribution in [1.29, 1.82) is 0 Å². The van der Waals surface area contributed by atoms with Gasteiger partial charge in [-0.3, -0.25) is 0 Å². The summed E-state index contributed by atoms with van der Waals surface area (Å²) in [6.07, 6.45) is 0. The standard InChI is InChI=1S/C11H15IN2/c1-9-8-13-6-7-14(9)11-4-2-10(12)3-5-11/h2-5,9,13H,6-8H2,1H3. The zero-order valence-corrected chi connectivity index (χ0v) is 10.5. The highest BCUT2D eigenvalue weighted by molar-refractivity contribution is 14.1. The Hall–Kier alpha value is -0.290. The van der Waals surface area contributed by atoms with E-state index in [0.717, 1.165) is 19.6 Å². The van der Waals surface area contributed by atoms with Gasteiger partial charge in [-0.1, -0.05) is 0 Å². The molecule has 1 N–H and O–H groups in total. The van der Waals surface area contributed by atoms with Crippen LogP contribution in [0.4, 0.5) is 5.69 Å². The summed E-state index contributed by atoms with van der Waals surface area (Å²) < 4.78 is 1.30. The minimum absolute atomic E-state index is 0.601. The Balaban J connectivity index is 2.16. The van der Waals surface area contributed by atoms with Gasteiger partial charge in [-0.15, -0.1) is 0 Å². The molecular formula is C11H15IN2. The lowest BCUT2D eigenvalue weighted by atomic mass is 10.2. The van der Waals surface area contributed by atoms with E-state index in [1.807, 2.05) is 0 Å². The molecule has 0 aromatic heterocycles. The molecule has 1 aromatic carbocycles. The van der Waals surface area contributed by atoms with Crippen LogP contribution < -0.4 is 10.2 Å². The first-order chi connectivity index (χ1) is 6.77. The molecule has 76 valence electrons. The van der Waals surface area contributed by atoms with Gasteiger partial charge in [-0.05, 0) is 53.8 Å². The van der Waals surface area contributed by atoms with Gasteiger partial charge >= 0.3 is 0 Å². The molecule has 0 radical (unpaired) electrons. The molecule has 14 heavy (non-hydrogen) atoms. The van der Waals surface area contributed by atoms with Gasteiger partial charge in [-0.25, -0.2) is 0 Å². The van der Waals surface area contributed by atoms with Crippen LogP contribution in [-0.2, 0) is 0 Å². The van der Waals surface area contributed by atoms with Crippen LogP contribution in [0.15, 0.2) is 24.3 Å². The average Bonchev–Trinajstić information content (AvgIpc) is 2.20. The third-order valence-corrected chi connectivity index (χ3v) is 3.38. The molecular weight excluding hydrogens is 287 g/mol. The summed E-state index contributed by atoms with van der Waals surface area (Å²) in [5.41, 5.74) is 1.35. The zero-order chi connectivity index (χ0) is 9.97. The van der Waals surface area contributed by atoms with Gasteiger partial charge < -0.3 is 10.2 Å². The third kappa shape index (κ3) is 2.20. The fraction of sp³-hybridized carbons (Fsp3) is 0.455. The number of benzene rings is 1. The van der Waals surface area contributed by atoms with Gasteiger partial charge in [0.2, 0.25) is 0 Å². The highest BCUT2D eigenvalue weighted by Gasteiger charge is 2.17. The summed E-state index contributed by atoms with van der Waals surface area (Å²) in [7, 11) is 0. The first kappa shape index (κ1) is 10.2. The molecule has 0 amide bonds. The monoisotopic (exact) mass is 302 g/mol. The van der Waals surface area contributed by atoms with E-state index in [1.165, 1.54) is 9.26 Å². The Morgan fingerprint density at radius 1 is 1.36 bits per heavy atom. The van der Waals surface area contributed by atoms with Gasteiger partial charge in [-0.2, -0.15) is 0 Å². The lowest BCUT2D eigenvalue weighted by Crippen LogP contribution is -2.49. The molecule has 1 saturated heterocycles. The van der Waals surface area contributed by atoms with Crippen LogP contribution in [0, 0.1) is 3.57 Å². The average molecular weight is 302 g/mol. The molecule has 1 aliphatic heterocycles. The predicted molar refractivity (Wildman–Crippen MR) is 68.8 cm³/mol. The molecule has 3 heteroatoms. The van der Waals surface area contributed by atoms with Gasteiger partial charge in [0.25, 0.3) is 0 Å². The summed E-state index contributed by atoms with van der Waals surface area (Å²) >= 11 is 2.34. The van der Waals surface area contributed by atoms with E-state index < -0.39 is 0 Å². The topological polar surface area (TPSA) is 15.3 Å². The van der Waals surface area contributed by atoms with E-state index in [4.69, 9.17) is 0 Å². The van der Waals surface area contributed by atoms with Gasteiger partial charge in [0.05, 0.1) is 0 Å². The molecule has 1 aliphatic rings. The van der Waals surface area contributed by atoms with E-state index >= 15 is 0 Å². The Labute approximate surface area is 98.8 Å². The number of rotatable bonds is 1. The maximum atomic E-state index is 3.40. The maximum Gasteiger partial charge on any atom is 0.0386 e. The van der Waals surface area contributed by atoms with Crippen molar-refractivity contribution in [2.75, 3.05) is 24.5 Å². The maximum absolute atomic E-state index is 3.40. The minimum atomic E-state index is 0.601. The van der Waals surface area contributed by atoms with Crippen LogP contribution in [0.1, 0.15) is 6.92 Å². The molecule has 1 heterocycles. The fourth-order valence-corrected chi connectivity index (χ4v) is 2.22. The number of anilines is 1. The van der Waals surface area contributed by atoms with Crippen LogP contribution in [-0.4, -0.2) is 25.7 Å².